The Balaban J connectivity index is 1.86. The maximum absolute atomic E-state index is 12.4. The van der Waals surface area contributed by atoms with Crippen molar-refractivity contribution in [2.45, 2.75) is 31.3 Å². The Bertz CT molecular complexity index is 1040. The Morgan fingerprint density at radius 2 is 1.84 bits per heavy atom. The third kappa shape index (κ3) is 8.26. The van der Waals surface area contributed by atoms with Crippen LogP contribution in [-0.4, -0.2) is 50.0 Å². The zero-order chi connectivity index (χ0) is 23.7. The maximum atomic E-state index is 12.4. The third-order valence-corrected chi connectivity index (χ3v) is 6.49. The van der Waals surface area contributed by atoms with E-state index in [9.17, 15) is 23.1 Å². The van der Waals surface area contributed by atoms with Crippen LogP contribution in [0.5, 0.6) is 0 Å². The Hall–Kier alpha value is -3.00. The number of carbonyl (C=O) groups is 2. The Morgan fingerprint density at radius 1 is 1.16 bits per heavy atom. The van der Waals surface area contributed by atoms with Crippen molar-refractivity contribution < 1.29 is 23.1 Å². The fraction of sp³-hybridized carbons (Fsp3) is 0.316. The van der Waals surface area contributed by atoms with Crippen molar-refractivity contribution in [1.82, 2.24) is 15.4 Å². The molecule has 0 spiro atoms. The number of rotatable bonds is 11. The number of sulfonamides is 1. The van der Waals surface area contributed by atoms with Gasteiger partial charge in [0, 0.05) is 4.88 Å². The van der Waals surface area contributed by atoms with Crippen LogP contribution in [-0.2, 0) is 31.9 Å². The Kier molecular flexibility index (Phi) is 9.13. The standard InChI is InChI=1S/C19H26N6O5S2/c1-12(17(27)22-9-14-7-8-16(31-14)24-19(20)21)23-18(28)15(10-26)25-32(29,30)11-13-5-3-2-4-6-13/h2-8,12,15,25-26H,9-11H2,1H3,(H,22,27)(H,23,28)(H4,20,21,24)/t12-,15+/m0/s1. The van der Waals surface area contributed by atoms with Crippen LogP contribution in [0.3, 0.4) is 0 Å². The summed E-state index contributed by atoms with van der Waals surface area (Å²) < 4.78 is 26.8. The molecule has 1 aromatic carbocycles. The van der Waals surface area contributed by atoms with Crippen LogP contribution in [0, 0.1) is 5.41 Å². The average molecular weight is 483 g/mol. The number of hydrogen-bond acceptors (Lipinski definition) is 7. The van der Waals surface area contributed by atoms with Crippen LogP contribution in [0.2, 0.25) is 0 Å². The molecule has 0 fully saturated rings. The molecule has 13 heteroatoms. The summed E-state index contributed by atoms with van der Waals surface area (Å²) in [6.45, 7) is 0.864. The molecule has 32 heavy (non-hydrogen) atoms. The minimum atomic E-state index is -3.90. The molecule has 1 heterocycles. The molecule has 0 unspecified atom stereocenters. The first-order chi connectivity index (χ1) is 15.1. The van der Waals surface area contributed by atoms with Gasteiger partial charge in [-0.1, -0.05) is 30.3 Å². The van der Waals surface area contributed by atoms with E-state index in [2.05, 4.69) is 20.7 Å². The summed E-state index contributed by atoms with van der Waals surface area (Å²) in [5, 5.41) is 25.0. The van der Waals surface area contributed by atoms with Gasteiger partial charge in [-0.25, -0.2) is 13.1 Å². The second-order valence-corrected chi connectivity index (χ2v) is 9.77. The second-order valence-electron chi connectivity index (χ2n) is 6.85. The van der Waals surface area contributed by atoms with E-state index in [0.29, 0.717) is 10.6 Å². The summed E-state index contributed by atoms with van der Waals surface area (Å²) >= 11 is 1.30. The smallest absolute Gasteiger partial charge is 0.242 e. The number of thiophene rings is 1. The molecule has 11 nitrogen and oxygen atoms in total. The van der Waals surface area contributed by atoms with Gasteiger partial charge in [-0.3, -0.25) is 15.0 Å². The minimum absolute atomic E-state index is 0.191. The molecule has 0 aliphatic rings. The first kappa shape index (κ1) is 25.3. The van der Waals surface area contributed by atoms with Crippen LogP contribution < -0.4 is 26.4 Å². The predicted octanol–water partition coefficient (Wildman–Crippen LogP) is -0.345. The van der Waals surface area contributed by atoms with Crippen molar-refractivity contribution in [3.63, 3.8) is 0 Å². The van der Waals surface area contributed by atoms with Gasteiger partial charge in [0.1, 0.15) is 12.1 Å². The summed E-state index contributed by atoms with van der Waals surface area (Å²) in [5.41, 5.74) is 5.79. The van der Waals surface area contributed by atoms with Gasteiger partial charge >= 0.3 is 0 Å². The number of benzene rings is 1. The number of hydrogen-bond donors (Lipinski definition) is 7. The van der Waals surface area contributed by atoms with E-state index in [1.807, 2.05) is 0 Å². The molecule has 0 radical (unpaired) electrons. The molecule has 174 valence electrons. The van der Waals surface area contributed by atoms with E-state index >= 15 is 0 Å². The van der Waals surface area contributed by atoms with Crippen molar-refractivity contribution in [3.05, 3.63) is 52.9 Å². The molecule has 0 saturated carbocycles. The number of carbonyl (C=O) groups excluding carboxylic acids is 2. The SMILES string of the molecule is C[C@H](NC(=O)[C@@H](CO)NS(=O)(=O)Cc1ccccc1)C(=O)NCc1ccc(NC(=N)N)s1. The lowest BCUT2D eigenvalue weighted by Crippen LogP contribution is -2.54. The molecule has 2 atom stereocenters. The average Bonchev–Trinajstić information content (AvgIpc) is 3.17. The molecular weight excluding hydrogens is 456 g/mol. The van der Waals surface area contributed by atoms with Gasteiger partial charge in [0.2, 0.25) is 21.8 Å². The number of amides is 2. The highest BCUT2D eigenvalue weighted by atomic mass is 32.2. The summed E-state index contributed by atoms with van der Waals surface area (Å²) in [4.78, 5) is 25.5. The molecular formula is C19H26N6O5S2. The van der Waals surface area contributed by atoms with Crippen molar-refractivity contribution in [2.24, 2.45) is 5.73 Å². The molecule has 2 amide bonds. The van der Waals surface area contributed by atoms with Crippen molar-refractivity contribution >= 4 is 44.1 Å². The lowest BCUT2D eigenvalue weighted by Gasteiger charge is -2.19. The number of anilines is 1. The van der Waals surface area contributed by atoms with E-state index < -0.39 is 40.5 Å². The van der Waals surface area contributed by atoms with Gasteiger partial charge in [-0.05, 0) is 24.6 Å². The summed E-state index contributed by atoms with van der Waals surface area (Å²) in [6, 6.07) is 9.46. The van der Waals surface area contributed by atoms with Crippen LogP contribution in [0.25, 0.3) is 0 Å². The Labute approximate surface area is 190 Å². The molecule has 0 aliphatic carbocycles. The monoisotopic (exact) mass is 482 g/mol. The van der Waals surface area contributed by atoms with Gasteiger partial charge in [0.05, 0.1) is 23.9 Å². The first-order valence-electron chi connectivity index (χ1n) is 9.52. The summed E-state index contributed by atoms with van der Waals surface area (Å²) in [7, 11) is -3.90. The van der Waals surface area contributed by atoms with Crippen LogP contribution in [0.1, 0.15) is 17.4 Å². The number of aliphatic hydroxyl groups is 1. The fourth-order valence-electron chi connectivity index (χ4n) is 2.61. The Morgan fingerprint density at radius 3 is 2.47 bits per heavy atom. The fourth-order valence-corrected chi connectivity index (χ4v) is 4.80. The molecule has 0 bridgehead atoms. The molecule has 8 N–H and O–H groups in total. The van der Waals surface area contributed by atoms with Crippen LogP contribution in [0.15, 0.2) is 42.5 Å². The number of guanidine groups is 1. The molecule has 0 aliphatic heterocycles. The van der Waals surface area contributed by atoms with E-state index in [1.54, 1.807) is 42.5 Å². The molecule has 1 aromatic heterocycles. The van der Waals surface area contributed by atoms with E-state index in [-0.39, 0.29) is 18.3 Å². The zero-order valence-corrected chi connectivity index (χ0v) is 18.9. The molecule has 2 rings (SSSR count). The number of nitrogens with two attached hydrogens (primary N) is 1. The zero-order valence-electron chi connectivity index (χ0n) is 17.3. The lowest BCUT2D eigenvalue weighted by atomic mass is 10.2. The molecule has 2 aromatic rings. The van der Waals surface area contributed by atoms with E-state index in [0.717, 1.165) is 4.88 Å². The van der Waals surface area contributed by atoms with Gasteiger partial charge < -0.3 is 26.8 Å². The second kappa shape index (κ2) is 11.6. The van der Waals surface area contributed by atoms with Crippen molar-refractivity contribution in [2.75, 3.05) is 11.9 Å². The topological polar surface area (TPSA) is 186 Å². The van der Waals surface area contributed by atoms with Crippen LogP contribution in [0.4, 0.5) is 5.00 Å². The van der Waals surface area contributed by atoms with Gasteiger partial charge in [0.15, 0.2) is 5.96 Å². The largest absolute Gasteiger partial charge is 0.394 e. The summed E-state index contributed by atoms with van der Waals surface area (Å²) in [5.74, 6) is -1.86. The highest BCUT2D eigenvalue weighted by molar-refractivity contribution is 7.88. The first-order valence-corrected chi connectivity index (χ1v) is 12.0. The van der Waals surface area contributed by atoms with Crippen molar-refractivity contribution in [3.8, 4) is 0 Å². The minimum Gasteiger partial charge on any atom is -0.394 e. The maximum Gasteiger partial charge on any atom is 0.242 e. The van der Waals surface area contributed by atoms with E-state index in [1.165, 1.54) is 18.3 Å². The number of nitrogens with one attached hydrogen (secondary N) is 5. The lowest BCUT2D eigenvalue weighted by molar-refractivity contribution is -0.130. The predicted molar refractivity (Wildman–Crippen MR) is 122 cm³/mol. The highest BCUT2D eigenvalue weighted by Gasteiger charge is 2.26. The summed E-state index contributed by atoms with van der Waals surface area (Å²) in [6.07, 6.45) is 0. The highest BCUT2D eigenvalue weighted by Crippen LogP contribution is 2.21. The van der Waals surface area contributed by atoms with Gasteiger partial charge in [-0.2, -0.15) is 0 Å². The van der Waals surface area contributed by atoms with Crippen LogP contribution >= 0.6 is 11.3 Å². The third-order valence-electron chi connectivity index (χ3n) is 4.13. The quantitative estimate of drug-likeness (QED) is 0.168. The van der Waals surface area contributed by atoms with Crippen molar-refractivity contribution in [1.29, 1.82) is 5.41 Å². The normalized spacial score (nSPS) is 13.1. The molecule has 0 saturated heterocycles. The number of aliphatic hydroxyl groups excluding tert-OH is 1. The van der Waals surface area contributed by atoms with Gasteiger partial charge in [-0.15, -0.1) is 11.3 Å². The van der Waals surface area contributed by atoms with E-state index in [4.69, 9.17) is 11.1 Å². The van der Waals surface area contributed by atoms with Gasteiger partial charge in [0.25, 0.3) is 0 Å².